The maximum absolute atomic E-state index is 13.9. The molecule has 3 rings (SSSR count). The normalized spacial score (nSPS) is 17.9. The standard InChI is InChI=1S/C13H16FN5/c14-10-4-2-1-3-9(10)11-6-8-16-13-17-12(5-7-15)18-19(11)13/h1-4,11H,5-8,15H2,(H,16,17,18). The smallest absolute Gasteiger partial charge is 0.221 e. The second-order valence-corrected chi connectivity index (χ2v) is 4.59. The van der Waals surface area contributed by atoms with E-state index in [0.717, 1.165) is 13.0 Å². The first-order chi connectivity index (χ1) is 9.29. The summed E-state index contributed by atoms with van der Waals surface area (Å²) in [6.07, 6.45) is 1.42. The van der Waals surface area contributed by atoms with Crippen molar-refractivity contribution in [3.8, 4) is 0 Å². The Labute approximate surface area is 110 Å². The average molecular weight is 261 g/mol. The molecule has 1 aromatic heterocycles. The summed E-state index contributed by atoms with van der Waals surface area (Å²) < 4.78 is 15.7. The van der Waals surface area contributed by atoms with Crippen molar-refractivity contribution >= 4 is 5.95 Å². The Hall–Kier alpha value is -1.95. The molecule has 0 saturated heterocycles. The van der Waals surface area contributed by atoms with Crippen molar-refractivity contribution in [2.75, 3.05) is 18.4 Å². The number of hydrogen-bond acceptors (Lipinski definition) is 4. The third-order valence-corrected chi connectivity index (χ3v) is 3.30. The molecule has 0 amide bonds. The van der Waals surface area contributed by atoms with Gasteiger partial charge in [-0.05, 0) is 19.0 Å². The third-order valence-electron chi connectivity index (χ3n) is 3.30. The summed E-state index contributed by atoms with van der Waals surface area (Å²) in [6.45, 7) is 1.27. The molecule has 5 nitrogen and oxygen atoms in total. The Morgan fingerprint density at radius 1 is 1.42 bits per heavy atom. The van der Waals surface area contributed by atoms with Crippen LogP contribution in [0.2, 0.25) is 0 Å². The molecule has 0 saturated carbocycles. The molecular formula is C13H16FN5. The predicted octanol–water partition coefficient (Wildman–Crippen LogP) is 1.32. The lowest BCUT2D eigenvalue weighted by molar-refractivity contribution is 0.455. The van der Waals surface area contributed by atoms with Gasteiger partial charge >= 0.3 is 0 Å². The molecule has 0 bridgehead atoms. The van der Waals surface area contributed by atoms with Crippen molar-refractivity contribution in [2.24, 2.45) is 5.73 Å². The van der Waals surface area contributed by atoms with Gasteiger partial charge in [0, 0.05) is 18.5 Å². The van der Waals surface area contributed by atoms with E-state index >= 15 is 0 Å². The highest BCUT2D eigenvalue weighted by atomic mass is 19.1. The predicted molar refractivity (Wildman–Crippen MR) is 70.4 cm³/mol. The van der Waals surface area contributed by atoms with Crippen molar-refractivity contribution in [1.82, 2.24) is 14.8 Å². The number of nitrogens with zero attached hydrogens (tertiary/aromatic N) is 3. The molecular weight excluding hydrogens is 245 g/mol. The third kappa shape index (κ3) is 2.19. The highest BCUT2D eigenvalue weighted by Gasteiger charge is 2.26. The van der Waals surface area contributed by atoms with Gasteiger partial charge in [-0.2, -0.15) is 10.1 Å². The van der Waals surface area contributed by atoms with Crippen LogP contribution in [0.1, 0.15) is 23.9 Å². The van der Waals surface area contributed by atoms with E-state index in [1.807, 2.05) is 6.07 Å². The Kier molecular flexibility index (Phi) is 3.16. The topological polar surface area (TPSA) is 68.8 Å². The van der Waals surface area contributed by atoms with Crippen LogP contribution < -0.4 is 11.1 Å². The Bertz CT molecular complexity index is 580. The molecule has 2 aromatic rings. The molecule has 1 aromatic carbocycles. The maximum Gasteiger partial charge on any atom is 0.221 e. The quantitative estimate of drug-likeness (QED) is 0.874. The van der Waals surface area contributed by atoms with E-state index < -0.39 is 0 Å². The molecule has 2 heterocycles. The lowest BCUT2D eigenvalue weighted by atomic mass is 10.0. The summed E-state index contributed by atoms with van der Waals surface area (Å²) in [5.74, 6) is 1.20. The first-order valence-corrected chi connectivity index (χ1v) is 6.43. The molecule has 19 heavy (non-hydrogen) atoms. The van der Waals surface area contributed by atoms with Gasteiger partial charge in [0.25, 0.3) is 0 Å². The zero-order valence-electron chi connectivity index (χ0n) is 10.5. The van der Waals surface area contributed by atoms with Crippen molar-refractivity contribution in [1.29, 1.82) is 0 Å². The van der Waals surface area contributed by atoms with Gasteiger partial charge < -0.3 is 11.1 Å². The molecule has 1 aliphatic heterocycles. The molecule has 100 valence electrons. The molecule has 0 spiro atoms. The fraction of sp³-hybridized carbons (Fsp3) is 0.385. The Morgan fingerprint density at radius 2 is 2.26 bits per heavy atom. The van der Waals surface area contributed by atoms with Gasteiger partial charge in [0.05, 0.1) is 6.04 Å². The van der Waals surface area contributed by atoms with E-state index in [2.05, 4.69) is 15.4 Å². The van der Waals surface area contributed by atoms with Crippen molar-refractivity contribution in [3.63, 3.8) is 0 Å². The molecule has 0 radical (unpaired) electrons. The number of nitrogens with two attached hydrogens (primary N) is 1. The lowest BCUT2D eigenvalue weighted by Gasteiger charge is -2.24. The van der Waals surface area contributed by atoms with Gasteiger partial charge in [0.2, 0.25) is 5.95 Å². The van der Waals surface area contributed by atoms with E-state index in [0.29, 0.717) is 30.3 Å². The number of aromatic nitrogens is 3. The molecule has 0 fully saturated rings. The first kappa shape index (κ1) is 12.1. The molecule has 0 aliphatic carbocycles. The Balaban J connectivity index is 2.00. The zero-order valence-corrected chi connectivity index (χ0v) is 10.5. The summed E-state index contributed by atoms with van der Waals surface area (Å²) in [5, 5.41) is 7.62. The number of anilines is 1. The van der Waals surface area contributed by atoms with Gasteiger partial charge in [0.1, 0.15) is 5.82 Å². The summed E-state index contributed by atoms with van der Waals surface area (Å²) in [6, 6.07) is 6.73. The molecule has 6 heteroatoms. The summed E-state index contributed by atoms with van der Waals surface area (Å²) in [7, 11) is 0. The van der Waals surface area contributed by atoms with Crippen LogP contribution >= 0.6 is 0 Å². The lowest BCUT2D eigenvalue weighted by Crippen LogP contribution is -2.25. The first-order valence-electron chi connectivity index (χ1n) is 6.43. The van der Waals surface area contributed by atoms with Gasteiger partial charge in [-0.25, -0.2) is 9.07 Å². The summed E-state index contributed by atoms with van der Waals surface area (Å²) in [5.41, 5.74) is 6.18. The van der Waals surface area contributed by atoms with E-state index in [1.54, 1.807) is 16.8 Å². The van der Waals surface area contributed by atoms with Crippen LogP contribution in [0.5, 0.6) is 0 Å². The van der Waals surface area contributed by atoms with Crippen LogP contribution in [-0.4, -0.2) is 27.9 Å². The van der Waals surface area contributed by atoms with Gasteiger partial charge in [-0.15, -0.1) is 0 Å². The van der Waals surface area contributed by atoms with Crippen LogP contribution in [-0.2, 0) is 6.42 Å². The number of halogens is 1. The van der Waals surface area contributed by atoms with E-state index in [4.69, 9.17) is 5.73 Å². The molecule has 1 atom stereocenters. The van der Waals surface area contributed by atoms with E-state index in [9.17, 15) is 4.39 Å². The van der Waals surface area contributed by atoms with Gasteiger partial charge in [-0.3, -0.25) is 0 Å². The minimum absolute atomic E-state index is 0.100. The monoisotopic (exact) mass is 261 g/mol. The fourth-order valence-electron chi connectivity index (χ4n) is 2.42. The highest BCUT2D eigenvalue weighted by Crippen LogP contribution is 2.29. The minimum Gasteiger partial charge on any atom is -0.354 e. The van der Waals surface area contributed by atoms with Crippen LogP contribution in [0, 0.1) is 5.82 Å². The van der Waals surface area contributed by atoms with Crippen molar-refractivity contribution < 1.29 is 4.39 Å². The second-order valence-electron chi connectivity index (χ2n) is 4.59. The number of fused-ring (bicyclic) bond motifs is 1. The van der Waals surface area contributed by atoms with E-state index in [-0.39, 0.29) is 11.9 Å². The van der Waals surface area contributed by atoms with Crippen molar-refractivity contribution in [3.05, 3.63) is 41.5 Å². The SMILES string of the molecule is NCCc1nc2n(n1)C(c1ccccc1F)CCN2. The summed E-state index contributed by atoms with van der Waals surface area (Å²) in [4.78, 5) is 4.38. The molecule has 1 aliphatic rings. The van der Waals surface area contributed by atoms with Gasteiger partial charge in [-0.1, -0.05) is 18.2 Å². The average Bonchev–Trinajstić information content (AvgIpc) is 2.82. The number of rotatable bonds is 3. The van der Waals surface area contributed by atoms with E-state index in [1.165, 1.54) is 6.07 Å². The highest BCUT2D eigenvalue weighted by molar-refractivity contribution is 5.33. The number of hydrogen-bond donors (Lipinski definition) is 2. The maximum atomic E-state index is 13.9. The van der Waals surface area contributed by atoms with Crippen LogP contribution in [0.25, 0.3) is 0 Å². The second kappa shape index (κ2) is 4.97. The Morgan fingerprint density at radius 3 is 3.05 bits per heavy atom. The van der Waals surface area contributed by atoms with Crippen LogP contribution in [0.15, 0.2) is 24.3 Å². The van der Waals surface area contributed by atoms with Crippen LogP contribution in [0.4, 0.5) is 10.3 Å². The number of benzene rings is 1. The van der Waals surface area contributed by atoms with Crippen molar-refractivity contribution in [2.45, 2.75) is 18.9 Å². The zero-order chi connectivity index (χ0) is 13.2. The fourth-order valence-corrected chi connectivity index (χ4v) is 2.42. The number of nitrogens with one attached hydrogen (secondary N) is 1. The van der Waals surface area contributed by atoms with Gasteiger partial charge in [0.15, 0.2) is 5.82 Å². The minimum atomic E-state index is -0.198. The largest absolute Gasteiger partial charge is 0.354 e. The van der Waals surface area contributed by atoms with Crippen LogP contribution in [0.3, 0.4) is 0 Å². The summed E-state index contributed by atoms with van der Waals surface area (Å²) >= 11 is 0. The molecule has 3 N–H and O–H groups in total. The molecule has 1 unspecified atom stereocenters.